The maximum absolute atomic E-state index is 14.0. The minimum atomic E-state index is -3.13. The average Bonchev–Trinajstić information content (AvgIpc) is 3.11. The predicted octanol–water partition coefficient (Wildman–Crippen LogP) is 4.10. The van der Waals surface area contributed by atoms with E-state index >= 15 is 0 Å². The van der Waals surface area contributed by atoms with Gasteiger partial charge in [-0.1, -0.05) is 13.3 Å². The maximum Gasteiger partial charge on any atom is 0.273 e. The molecule has 0 amide bonds. The molecule has 2 heterocycles. The van der Waals surface area contributed by atoms with Gasteiger partial charge in [-0.25, -0.2) is 8.78 Å². The third-order valence-electron chi connectivity index (χ3n) is 6.26. The standard InChI is InChI=1S/C20H34F2O5/c1-2-3-10-19(21,22)16(23)9-12-18(24)14-15-7-6-11-20(15,27-18)26-17-8-4-5-13-25-17/h15-17,23-24H,2-14H2,1H3. The summed E-state index contributed by atoms with van der Waals surface area (Å²) in [7, 11) is 0. The summed E-state index contributed by atoms with van der Waals surface area (Å²) < 4.78 is 45.9. The second-order valence-corrected chi connectivity index (χ2v) is 8.49. The zero-order chi connectivity index (χ0) is 19.5. The lowest BCUT2D eigenvalue weighted by molar-refractivity contribution is -0.356. The molecular formula is C20H34F2O5. The number of aliphatic hydroxyl groups excluding tert-OH is 1. The van der Waals surface area contributed by atoms with Crippen LogP contribution in [-0.2, 0) is 14.2 Å². The first kappa shape index (κ1) is 21.4. The molecule has 5 nitrogen and oxygen atoms in total. The molecule has 1 aliphatic carbocycles. The molecule has 3 aliphatic rings. The molecule has 0 aromatic heterocycles. The van der Waals surface area contributed by atoms with Crippen molar-refractivity contribution >= 4 is 0 Å². The van der Waals surface area contributed by atoms with Crippen LogP contribution in [0.1, 0.15) is 84.0 Å². The Hall–Kier alpha value is -0.340. The van der Waals surface area contributed by atoms with Crippen molar-refractivity contribution in [1.82, 2.24) is 0 Å². The Morgan fingerprint density at radius 1 is 1.26 bits per heavy atom. The first-order valence-corrected chi connectivity index (χ1v) is 10.6. The van der Waals surface area contributed by atoms with Crippen LogP contribution in [0.25, 0.3) is 0 Å². The summed E-state index contributed by atoms with van der Waals surface area (Å²) in [5, 5.41) is 20.8. The molecule has 3 rings (SSSR count). The molecule has 5 unspecified atom stereocenters. The van der Waals surface area contributed by atoms with Gasteiger partial charge in [-0.2, -0.15) is 0 Å². The predicted molar refractivity (Wildman–Crippen MR) is 95.1 cm³/mol. The van der Waals surface area contributed by atoms with Crippen LogP contribution in [-0.4, -0.2) is 46.7 Å². The summed E-state index contributed by atoms with van der Waals surface area (Å²) in [6, 6.07) is 0. The van der Waals surface area contributed by atoms with Crippen molar-refractivity contribution in [3.05, 3.63) is 0 Å². The Morgan fingerprint density at radius 2 is 2.07 bits per heavy atom. The van der Waals surface area contributed by atoms with E-state index in [9.17, 15) is 19.0 Å². The number of ether oxygens (including phenoxy) is 3. The van der Waals surface area contributed by atoms with Gasteiger partial charge in [0, 0.05) is 38.2 Å². The van der Waals surface area contributed by atoms with Crippen LogP contribution < -0.4 is 0 Å². The number of halogens is 2. The quantitative estimate of drug-likeness (QED) is 0.618. The van der Waals surface area contributed by atoms with Crippen LogP contribution in [0.5, 0.6) is 0 Å². The van der Waals surface area contributed by atoms with Gasteiger partial charge in [-0.15, -0.1) is 0 Å². The Morgan fingerprint density at radius 3 is 2.78 bits per heavy atom. The van der Waals surface area contributed by atoms with Gasteiger partial charge >= 0.3 is 0 Å². The highest BCUT2D eigenvalue weighted by Crippen LogP contribution is 2.54. The molecule has 27 heavy (non-hydrogen) atoms. The summed E-state index contributed by atoms with van der Waals surface area (Å²) in [4.78, 5) is 0. The lowest BCUT2D eigenvalue weighted by Gasteiger charge is -2.36. The van der Waals surface area contributed by atoms with Crippen LogP contribution in [0.15, 0.2) is 0 Å². The summed E-state index contributed by atoms with van der Waals surface area (Å²) >= 11 is 0. The number of alkyl halides is 2. The van der Waals surface area contributed by atoms with Gasteiger partial charge in [0.05, 0.1) is 0 Å². The minimum Gasteiger partial charge on any atom is -0.387 e. The van der Waals surface area contributed by atoms with E-state index in [2.05, 4.69) is 0 Å². The van der Waals surface area contributed by atoms with Gasteiger partial charge < -0.3 is 24.4 Å². The molecule has 0 bridgehead atoms. The molecule has 2 N–H and O–H groups in total. The van der Waals surface area contributed by atoms with E-state index < -0.39 is 23.6 Å². The highest BCUT2D eigenvalue weighted by Gasteiger charge is 2.59. The normalized spacial score (nSPS) is 38.1. The fraction of sp³-hybridized carbons (Fsp3) is 1.00. The fourth-order valence-electron chi connectivity index (χ4n) is 4.67. The van der Waals surface area contributed by atoms with Crippen LogP contribution >= 0.6 is 0 Å². The second kappa shape index (κ2) is 8.57. The van der Waals surface area contributed by atoms with E-state index in [1.54, 1.807) is 0 Å². The zero-order valence-electron chi connectivity index (χ0n) is 16.3. The third-order valence-corrected chi connectivity index (χ3v) is 6.26. The van der Waals surface area contributed by atoms with Gasteiger partial charge in [-0.3, -0.25) is 0 Å². The number of unbranched alkanes of at least 4 members (excludes halogenated alkanes) is 1. The molecule has 158 valence electrons. The topological polar surface area (TPSA) is 68.2 Å². The van der Waals surface area contributed by atoms with E-state index in [1.165, 1.54) is 0 Å². The lowest BCUT2D eigenvalue weighted by Crippen LogP contribution is -2.43. The first-order valence-electron chi connectivity index (χ1n) is 10.6. The largest absolute Gasteiger partial charge is 0.387 e. The molecule has 0 spiro atoms. The highest BCUT2D eigenvalue weighted by atomic mass is 19.3. The zero-order valence-corrected chi connectivity index (χ0v) is 16.3. The third kappa shape index (κ3) is 4.99. The van der Waals surface area contributed by atoms with Gasteiger partial charge in [0.25, 0.3) is 5.92 Å². The molecule has 1 saturated carbocycles. The Balaban J connectivity index is 1.57. The van der Waals surface area contributed by atoms with Gasteiger partial charge in [0.1, 0.15) is 6.10 Å². The maximum atomic E-state index is 14.0. The first-order chi connectivity index (χ1) is 12.8. The van der Waals surface area contributed by atoms with E-state index in [1.807, 2.05) is 6.92 Å². The lowest BCUT2D eigenvalue weighted by atomic mass is 9.93. The molecular weight excluding hydrogens is 358 g/mol. The average molecular weight is 392 g/mol. The van der Waals surface area contributed by atoms with Crippen molar-refractivity contribution < 1.29 is 33.2 Å². The number of aliphatic hydroxyl groups is 2. The van der Waals surface area contributed by atoms with Gasteiger partial charge in [0.15, 0.2) is 17.9 Å². The molecule has 0 aromatic carbocycles. The van der Waals surface area contributed by atoms with Crippen molar-refractivity contribution in [2.45, 2.75) is 114 Å². The Kier molecular flexibility index (Phi) is 6.79. The summed E-state index contributed by atoms with van der Waals surface area (Å²) in [5.74, 6) is -5.51. The number of hydrogen-bond acceptors (Lipinski definition) is 5. The molecule has 0 aromatic rings. The van der Waals surface area contributed by atoms with Crippen molar-refractivity contribution in [3.8, 4) is 0 Å². The molecule has 5 atom stereocenters. The number of fused-ring (bicyclic) bond motifs is 1. The molecule has 7 heteroatoms. The molecule has 0 radical (unpaired) electrons. The van der Waals surface area contributed by atoms with E-state index in [0.717, 1.165) is 32.1 Å². The minimum absolute atomic E-state index is 0.0248. The summed E-state index contributed by atoms with van der Waals surface area (Å²) in [5.41, 5.74) is 0. The SMILES string of the molecule is CCCCC(F)(F)C(O)CCC1(O)CC2CCCC2(OC2CCCCO2)O1. The van der Waals surface area contributed by atoms with Crippen LogP contribution in [0, 0.1) is 5.92 Å². The van der Waals surface area contributed by atoms with Crippen LogP contribution in [0.2, 0.25) is 0 Å². The monoisotopic (exact) mass is 392 g/mol. The molecule has 3 fully saturated rings. The highest BCUT2D eigenvalue weighted by molar-refractivity contribution is 4.98. The Bertz CT molecular complexity index is 485. The number of hydrogen-bond donors (Lipinski definition) is 2. The van der Waals surface area contributed by atoms with Crippen molar-refractivity contribution in [3.63, 3.8) is 0 Å². The number of rotatable bonds is 9. The molecule has 2 aliphatic heterocycles. The van der Waals surface area contributed by atoms with Crippen LogP contribution in [0.4, 0.5) is 8.78 Å². The summed E-state index contributed by atoms with van der Waals surface area (Å²) in [6.45, 7) is 2.50. The van der Waals surface area contributed by atoms with Crippen LogP contribution in [0.3, 0.4) is 0 Å². The van der Waals surface area contributed by atoms with E-state index in [-0.39, 0.29) is 31.5 Å². The smallest absolute Gasteiger partial charge is 0.273 e. The summed E-state index contributed by atoms with van der Waals surface area (Å²) in [6.07, 6.45) is 4.08. The molecule has 2 saturated heterocycles. The van der Waals surface area contributed by atoms with Gasteiger partial charge in [-0.05, 0) is 44.9 Å². The van der Waals surface area contributed by atoms with Crippen molar-refractivity contribution in [1.29, 1.82) is 0 Å². The van der Waals surface area contributed by atoms with Crippen molar-refractivity contribution in [2.75, 3.05) is 6.61 Å². The van der Waals surface area contributed by atoms with E-state index in [4.69, 9.17) is 14.2 Å². The van der Waals surface area contributed by atoms with Gasteiger partial charge in [0.2, 0.25) is 0 Å². The fourth-order valence-corrected chi connectivity index (χ4v) is 4.67. The van der Waals surface area contributed by atoms with Crippen molar-refractivity contribution in [2.24, 2.45) is 5.92 Å². The van der Waals surface area contributed by atoms with E-state index in [0.29, 0.717) is 32.3 Å². The second-order valence-electron chi connectivity index (χ2n) is 8.49. The Labute approximate surface area is 160 Å².